The van der Waals surface area contributed by atoms with Crippen molar-refractivity contribution in [2.24, 2.45) is 5.92 Å². The highest BCUT2D eigenvalue weighted by atomic mass is 16.5. The van der Waals surface area contributed by atoms with Gasteiger partial charge in [0.1, 0.15) is 0 Å². The lowest BCUT2D eigenvalue weighted by atomic mass is 9.85. The van der Waals surface area contributed by atoms with Crippen LogP contribution in [-0.2, 0) is 9.53 Å². The third-order valence-electron chi connectivity index (χ3n) is 3.80. The van der Waals surface area contributed by atoms with Crippen molar-refractivity contribution in [1.29, 1.82) is 0 Å². The Morgan fingerprint density at radius 2 is 1.82 bits per heavy atom. The van der Waals surface area contributed by atoms with Crippen molar-refractivity contribution >= 4 is 17.7 Å². The molecule has 1 aromatic rings. The standard InChI is InChI=1S/C17H26N2O3/c1-6-22-15(20)11-17(5,12(2)3)19-16(21)18-14-9-7-13(4)8-10-14/h7-10,12H,6,11H2,1-5H3,(H2,18,19,21)/t17-/m0/s1. The van der Waals surface area contributed by atoms with Gasteiger partial charge in [-0.3, -0.25) is 4.79 Å². The van der Waals surface area contributed by atoms with Crippen LogP contribution in [-0.4, -0.2) is 24.1 Å². The lowest BCUT2D eigenvalue weighted by Crippen LogP contribution is -2.52. The molecular weight excluding hydrogens is 280 g/mol. The van der Waals surface area contributed by atoms with Crippen LogP contribution in [0.5, 0.6) is 0 Å². The van der Waals surface area contributed by atoms with E-state index >= 15 is 0 Å². The molecule has 1 aromatic carbocycles. The van der Waals surface area contributed by atoms with Crippen molar-refractivity contribution in [3.8, 4) is 0 Å². The first kappa shape index (κ1) is 18.0. The van der Waals surface area contributed by atoms with E-state index in [0.717, 1.165) is 5.56 Å². The zero-order chi connectivity index (χ0) is 16.8. The molecule has 2 amide bonds. The predicted octanol–water partition coefficient (Wildman–Crippen LogP) is 3.48. The molecule has 0 spiro atoms. The van der Waals surface area contributed by atoms with Crippen LogP contribution >= 0.6 is 0 Å². The van der Waals surface area contributed by atoms with Crippen LogP contribution in [0.3, 0.4) is 0 Å². The van der Waals surface area contributed by atoms with Crippen LogP contribution in [0, 0.1) is 12.8 Å². The minimum absolute atomic E-state index is 0.0840. The molecule has 1 rings (SSSR count). The number of rotatable bonds is 6. The lowest BCUT2D eigenvalue weighted by Gasteiger charge is -2.34. The summed E-state index contributed by atoms with van der Waals surface area (Å²) in [5.41, 5.74) is 1.17. The Kier molecular flexibility index (Phi) is 6.40. The van der Waals surface area contributed by atoms with E-state index in [0.29, 0.717) is 12.3 Å². The fourth-order valence-corrected chi connectivity index (χ4v) is 1.96. The SMILES string of the molecule is CCOC(=O)C[C@](C)(NC(=O)Nc1ccc(C)cc1)C(C)C. The molecule has 0 saturated carbocycles. The summed E-state index contributed by atoms with van der Waals surface area (Å²) in [6, 6.07) is 7.20. The van der Waals surface area contributed by atoms with Crippen molar-refractivity contribution in [2.75, 3.05) is 11.9 Å². The van der Waals surface area contributed by atoms with E-state index in [4.69, 9.17) is 4.74 Å². The van der Waals surface area contributed by atoms with E-state index in [1.165, 1.54) is 0 Å². The molecule has 0 aliphatic rings. The second-order valence-corrected chi connectivity index (χ2v) is 6.00. The first-order valence-electron chi connectivity index (χ1n) is 7.58. The van der Waals surface area contributed by atoms with E-state index in [-0.39, 0.29) is 24.3 Å². The summed E-state index contributed by atoms with van der Waals surface area (Å²) in [7, 11) is 0. The smallest absolute Gasteiger partial charge is 0.319 e. The highest BCUT2D eigenvalue weighted by molar-refractivity contribution is 5.90. The van der Waals surface area contributed by atoms with Gasteiger partial charge in [0.05, 0.1) is 18.6 Å². The Balaban J connectivity index is 2.71. The Morgan fingerprint density at radius 1 is 1.23 bits per heavy atom. The van der Waals surface area contributed by atoms with Crippen LogP contribution in [0.4, 0.5) is 10.5 Å². The summed E-state index contributed by atoms with van der Waals surface area (Å²) < 4.78 is 4.99. The van der Waals surface area contributed by atoms with Crippen LogP contribution in [0.2, 0.25) is 0 Å². The fourth-order valence-electron chi connectivity index (χ4n) is 1.96. The third-order valence-corrected chi connectivity index (χ3v) is 3.80. The van der Waals surface area contributed by atoms with Crippen LogP contribution in [0.1, 0.15) is 39.7 Å². The molecule has 1 atom stereocenters. The minimum atomic E-state index is -0.666. The van der Waals surface area contributed by atoms with Gasteiger partial charge >= 0.3 is 12.0 Å². The van der Waals surface area contributed by atoms with Crippen LogP contribution < -0.4 is 10.6 Å². The minimum Gasteiger partial charge on any atom is -0.466 e. The van der Waals surface area contributed by atoms with Gasteiger partial charge in [0, 0.05) is 5.69 Å². The van der Waals surface area contributed by atoms with Gasteiger partial charge in [-0.2, -0.15) is 0 Å². The molecule has 0 bridgehead atoms. The average Bonchev–Trinajstić information content (AvgIpc) is 2.41. The van der Waals surface area contributed by atoms with E-state index in [1.54, 1.807) is 6.92 Å². The van der Waals surface area contributed by atoms with Gasteiger partial charge in [-0.1, -0.05) is 31.5 Å². The number of amides is 2. The number of anilines is 1. The molecular formula is C17H26N2O3. The number of esters is 1. The molecule has 0 radical (unpaired) electrons. The number of hydrogen-bond acceptors (Lipinski definition) is 3. The molecule has 5 nitrogen and oxygen atoms in total. The van der Waals surface area contributed by atoms with E-state index in [2.05, 4.69) is 10.6 Å². The molecule has 22 heavy (non-hydrogen) atoms. The maximum Gasteiger partial charge on any atom is 0.319 e. The normalized spacial score (nSPS) is 13.4. The van der Waals surface area contributed by atoms with Gasteiger partial charge < -0.3 is 15.4 Å². The summed E-state index contributed by atoms with van der Waals surface area (Å²) in [5, 5.41) is 5.68. The largest absolute Gasteiger partial charge is 0.466 e. The summed E-state index contributed by atoms with van der Waals surface area (Å²) >= 11 is 0. The van der Waals surface area contributed by atoms with E-state index < -0.39 is 5.54 Å². The molecule has 0 heterocycles. The summed E-state index contributed by atoms with van der Waals surface area (Å²) in [5.74, 6) is -0.227. The molecule has 122 valence electrons. The number of aryl methyl sites for hydroxylation is 1. The molecule has 0 unspecified atom stereocenters. The summed E-state index contributed by atoms with van der Waals surface area (Å²) in [4.78, 5) is 23.9. The lowest BCUT2D eigenvalue weighted by molar-refractivity contribution is -0.145. The van der Waals surface area contributed by atoms with Crippen molar-refractivity contribution < 1.29 is 14.3 Å². The van der Waals surface area contributed by atoms with Crippen molar-refractivity contribution in [2.45, 2.75) is 46.6 Å². The Hall–Kier alpha value is -2.04. The van der Waals surface area contributed by atoms with Gasteiger partial charge in [0.2, 0.25) is 0 Å². The van der Waals surface area contributed by atoms with Crippen molar-refractivity contribution in [1.82, 2.24) is 5.32 Å². The van der Waals surface area contributed by atoms with Crippen molar-refractivity contribution in [3.63, 3.8) is 0 Å². The number of ether oxygens (including phenoxy) is 1. The number of urea groups is 1. The summed E-state index contributed by atoms with van der Waals surface area (Å²) in [6.07, 6.45) is 0.139. The highest BCUT2D eigenvalue weighted by Gasteiger charge is 2.33. The number of benzene rings is 1. The molecule has 0 aliphatic carbocycles. The molecule has 0 fully saturated rings. The Labute approximate surface area is 132 Å². The molecule has 0 aromatic heterocycles. The second-order valence-electron chi connectivity index (χ2n) is 6.00. The number of hydrogen-bond donors (Lipinski definition) is 2. The highest BCUT2D eigenvalue weighted by Crippen LogP contribution is 2.22. The number of nitrogens with one attached hydrogen (secondary N) is 2. The maximum atomic E-state index is 12.2. The second kappa shape index (κ2) is 7.82. The van der Waals surface area contributed by atoms with Crippen LogP contribution in [0.15, 0.2) is 24.3 Å². The number of carbonyl (C=O) groups is 2. The monoisotopic (exact) mass is 306 g/mol. The van der Waals surface area contributed by atoms with Crippen molar-refractivity contribution in [3.05, 3.63) is 29.8 Å². The first-order valence-corrected chi connectivity index (χ1v) is 7.58. The maximum absolute atomic E-state index is 12.2. The zero-order valence-corrected chi connectivity index (χ0v) is 14.0. The van der Waals surface area contributed by atoms with E-state index in [1.807, 2.05) is 52.0 Å². The Bertz CT molecular complexity index is 511. The molecule has 0 saturated heterocycles. The van der Waals surface area contributed by atoms with E-state index in [9.17, 15) is 9.59 Å². The molecule has 5 heteroatoms. The first-order chi connectivity index (χ1) is 10.3. The third kappa shape index (κ3) is 5.39. The molecule has 0 aliphatic heterocycles. The topological polar surface area (TPSA) is 67.4 Å². The van der Waals surface area contributed by atoms with Gasteiger partial charge in [-0.25, -0.2) is 4.79 Å². The van der Waals surface area contributed by atoms with Crippen LogP contribution in [0.25, 0.3) is 0 Å². The Morgan fingerprint density at radius 3 is 2.32 bits per heavy atom. The summed E-state index contributed by atoms with van der Waals surface area (Å²) in [6.45, 7) is 9.86. The fraction of sp³-hybridized carbons (Fsp3) is 0.529. The van der Waals surface area contributed by atoms with Gasteiger partial charge in [0.15, 0.2) is 0 Å². The zero-order valence-electron chi connectivity index (χ0n) is 14.0. The average molecular weight is 306 g/mol. The van der Waals surface area contributed by atoms with Gasteiger partial charge in [0.25, 0.3) is 0 Å². The predicted molar refractivity (Wildman–Crippen MR) is 87.8 cm³/mol. The quantitative estimate of drug-likeness (QED) is 0.791. The molecule has 2 N–H and O–H groups in total. The number of carbonyl (C=O) groups excluding carboxylic acids is 2. The van der Waals surface area contributed by atoms with Gasteiger partial charge in [-0.05, 0) is 38.8 Å². The van der Waals surface area contributed by atoms with Gasteiger partial charge in [-0.15, -0.1) is 0 Å².